The number of carbonyl (C=O) groups excluding carboxylic acids is 1. The molecule has 0 aromatic heterocycles. The molecule has 3 N–H and O–H groups in total. The van der Waals surface area contributed by atoms with Gasteiger partial charge in [-0.1, -0.05) is 23.7 Å². The number of hydrogen-bond acceptors (Lipinski definition) is 4. The largest absolute Gasteiger partial charge is 0.379 e. The maximum absolute atomic E-state index is 12.1. The van der Waals surface area contributed by atoms with Crippen LogP contribution in [0.25, 0.3) is 0 Å². The molecule has 0 saturated carbocycles. The second kappa shape index (κ2) is 13.4. The molecular formula is C20H31ClN4O3. The topological polar surface area (TPSA) is 84.0 Å². The van der Waals surface area contributed by atoms with Crippen LogP contribution in [0.15, 0.2) is 29.3 Å². The van der Waals surface area contributed by atoms with E-state index in [1.165, 1.54) is 0 Å². The Balaban J connectivity index is 1.59. The molecule has 1 amide bonds. The molecule has 8 heteroatoms. The number of halogens is 1. The molecule has 1 heterocycles. The van der Waals surface area contributed by atoms with Crippen molar-refractivity contribution in [2.24, 2.45) is 4.99 Å². The molecule has 1 saturated heterocycles. The van der Waals surface area contributed by atoms with Crippen LogP contribution >= 0.6 is 11.6 Å². The van der Waals surface area contributed by atoms with E-state index in [0.29, 0.717) is 43.4 Å². The van der Waals surface area contributed by atoms with Gasteiger partial charge in [-0.3, -0.25) is 9.79 Å². The Hall–Kier alpha value is -1.83. The Kier molecular flexibility index (Phi) is 10.7. The van der Waals surface area contributed by atoms with E-state index in [2.05, 4.69) is 20.9 Å². The molecule has 1 fully saturated rings. The first-order chi connectivity index (χ1) is 13.7. The van der Waals surface area contributed by atoms with Crippen molar-refractivity contribution < 1.29 is 14.3 Å². The SMILES string of the molecule is CCNC(=NCCCOCC1CCCO1)NCCNC(=O)c1ccccc1Cl. The molecule has 0 bridgehead atoms. The fourth-order valence-electron chi connectivity index (χ4n) is 2.79. The first-order valence-corrected chi connectivity index (χ1v) is 10.3. The monoisotopic (exact) mass is 410 g/mol. The average molecular weight is 411 g/mol. The molecule has 0 spiro atoms. The van der Waals surface area contributed by atoms with Crippen LogP contribution in [0, 0.1) is 0 Å². The number of ether oxygens (including phenoxy) is 2. The van der Waals surface area contributed by atoms with Crippen molar-refractivity contribution in [3.8, 4) is 0 Å². The summed E-state index contributed by atoms with van der Waals surface area (Å²) in [4.78, 5) is 16.6. The van der Waals surface area contributed by atoms with Crippen molar-refractivity contribution >= 4 is 23.5 Å². The van der Waals surface area contributed by atoms with Gasteiger partial charge in [-0.15, -0.1) is 0 Å². The Morgan fingerprint density at radius 3 is 2.86 bits per heavy atom. The summed E-state index contributed by atoms with van der Waals surface area (Å²) in [6, 6.07) is 7.00. The van der Waals surface area contributed by atoms with Gasteiger partial charge in [-0.05, 0) is 38.3 Å². The van der Waals surface area contributed by atoms with Crippen molar-refractivity contribution in [3.05, 3.63) is 34.9 Å². The van der Waals surface area contributed by atoms with Gasteiger partial charge < -0.3 is 25.4 Å². The van der Waals surface area contributed by atoms with Crippen LogP contribution < -0.4 is 16.0 Å². The molecule has 1 atom stereocenters. The highest BCUT2D eigenvalue weighted by molar-refractivity contribution is 6.33. The van der Waals surface area contributed by atoms with Crippen molar-refractivity contribution in [3.63, 3.8) is 0 Å². The van der Waals surface area contributed by atoms with E-state index in [9.17, 15) is 4.79 Å². The number of amides is 1. The lowest BCUT2D eigenvalue weighted by Crippen LogP contribution is -2.41. The first-order valence-electron chi connectivity index (χ1n) is 9.95. The fourth-order valence-corrected chi connectivity index (χ4v) is 3.01. The second-order valence-corrected chi connectivity index (χ2v) is 6.89. The van der Waals surface area contributed by atoms with Gasteiger partial charge in [0.1, 0.15) is 0 Å². The summed E-state index contributed by atoms with van der Waals surface area (Å²) in [5, 5.41) is 9.70. The van der Waals surface area contributed by atoms with Crippen LogP contribution in [0.5, 0.6) is 0 Å². The van der Waals surface area contributed by atoms with Gasteiger partial charge in [-0.25, -0.2) is 0 Å². The molecule has 1 unspecified atom stereocenters. The highest BCUT2D eigenvalue weighted by Gasteiger charge is 2.14. The zero-order valence-corrected chi connectivity index (χ0v) is 17.3. The molecule has 2 rings (SSSR count). The summed E-state index contributed by atoms with van der Waals surface area (Å²) < 4.78 is 11.2. The minimum atomic E-state index is -0.183. The third kappa shape index (κ3) is 8.46. The predicted molar refractivity (Wildman–Crippen MR) is 112 cm³/mol. The van der Waals surface area contributed by atoms with Crippen LogP contribution in [0.3, 0.4) is 0 Å². The Bertz CT molecular complexity index is 621. The summed E-state index contributed by atoms with van der Waals surface area (Å²) >= 11 is 6.03. The zero-order chi connectivity index (χ0) is 20.0. The first kappa shape index (κ1) is 22.5. The number of rotatable bonds is 11. The third-order valence-electron chi connectivity index (χ3n) is 4.21. The molecule has 1 aliphatic heterocycles. The van der Waals surface area contributed by atoms with E-state index in [1.54, 1.807) is 24.3 Å². The van der Waals surface area contributed by atoms with Crippen LogP contribution in [-0.2, 0) is 9.47 Å². The van der Waals surface area contributed by atoms with Crippen LogP contribution in [-0.4, -0.2) is 64.0 Å². The van der Waals surface area contributed by atoms with Crippen molar-refractivity contribution in [1.82, 2.24) is 16.0 Å². The maximum Gasteiger partial charge on any atom is 0.252 e. The van der Waals surface area contributed by atoms with E-state index >= 15 is 0 Å². The zero-order valence-electron chi connectivity index (χ0n) is 16.5. The number of guanidine groups is 1. The third-order valence-corrected chi connectivity index (χ3v) is 4.54. The number of nitrogens with one attached hydrogen (secondary N) is 3. The Morgan fingerprint density at radius 1 is 1.29 bits per heavy atom. The van der Waals surface area contributed by atoms with Gasteiger partial charge in [0.2, 0.25) is 0 Å². The molecule has 7 nitrogen and oxygen atoms in total. The molecule has 156 valence electrons. The lowest BCUT2D eigenvalue weighted by molar-refractivity contribution is 0.0171. The van der Waals surface area contributed by atoms with Gasteiger partial charge in [0.25, 0.3) is 5.91 Å². The molecule has 28 heavy (non-hydrogen) atoms. The predicted octanol–water partition coefficient (Wildman–Crippen LogP) is 2.21. The Morgan fingerprint density at radius 2 is 2.11 bits per heavy atom. The van der Waals surface area contributed by atoms with Gasteiger partial charge in [0, 0.05) is 39.4 Å². The minimum Gasteiger partial charge on any atom is -0.379 e. The second-order valence-electron chi connectivity index (χ2n) is 6.49. The Labute approximate surface area is 172 Å². The molecule has 1 aromatic rings. The van der Waals surface area contributed by atoms with Crippen molar-refractivity contribution in [2.45, 2.75) is 32.3 Å². The van der Waals surface area contributed by atoms with E-state index in [0.717, 1.165) is 38.4 Å². The molecule has 0 aliphatic carbocycles. The summed E-state index contributed by atoms with van der Waals surface area (Å²) in [5.41, 5.74) is 0.479. The maximum atomic E-state index is 12.1. The number of hydrogen-bond donors (Lipinski definition) is 3. The van der Waals surface area contributed by atoms with E-state index in [-0.39, 0.29) is 12.0 Å². The van der Waals surface area contributed by atoms with E-state index in [4.69, 9.17) is 21.1 Å². The lowest BCUT2D eigenvalue weighted by Gasteiger charge is -2.12. The molecular weight excluding hydrogens is 380 g/mol. The van der Waals surface area contributed by atoms with Crippen molar-refractivity contribution in [2.75, 3.05) is 46.0 Å². The quantitative estimate of drug-likeness (QED) is 0.296. The number of aliphatic imine (C=N–C) groups is 1. The average Bonchev–Trinajstić information content (AvgIpc) is 3.21. The summed E-state index contributed by atoms with van der Waals surface area (Å²) in [6.07, 6.45) is 3.35. The smallest absolute Gasteiger partial charge is 0.252 e. The molecule has 1 aliphatic rings. The minimum absolute atomic E-state index is 0.183. The van der Waals surface area contributed by atoms with Gasteiger partial charge in [0.15, 0.2) is 5.96 Å². The highest BCUT2D eigenvalue weighted by atomic mass is 35.5. The van der Waals surface area contributed by atoms with Crippen LogP contribution in [0.1, 0.15) is 36.5 Å². The van der Waals surface area contributed by atoms with Crippen molar-refractivity contribution in [1.29, 1.82) is 0 Å². The fraction of sp³-hybridized carbons (Fsp3) is 0.600. The summed E-state index contributed by atoms with van der Waals surface area (Å²) in [6.45, 7) is 6.70. The molecule has 0 radical (unpaired) electrons. The number of benzene rings is 1. The summed E-state index contributed by atoms with van der Waals surface area (Å²) in [5.74, 6) is 0.548. The summed E-state index contributed by atoms with van der Waals surface area (Å²) in [7, 11) is 0. The normalized spacial score (nSPS) is 16.8. The number of nitrogens with zero attached hydrogens (tertiary/aromatic N) is 1. The van der Waals surface area contributed by atoms with Gasteiger partial charge >= 0.3 is 0 Å². The van der Waals surface area contributed by atoms with Gasteiger partial charge in [0.05, 0.1) is 23.3 Å². The van der Waals surface area contributed by atoms with Crippen LogP contribution in [0.2, 0.25) is 5.02 Å². The molecule has 1 aromatic carbocycles. The van der Waals surface area contributed by atoms with E-state index in [1.807, 2.05) is 6.92 Å². The van der Waals surface area contributed by atoms with Crippen LogP contribution in [0.4, 0.5) is 0 Å². The highest BCUT2D eigenvalue weighted by Crippen LogP contribution is 2.14. The lowest BCUT2D eigenvalue weighted by atomic mass is 10.2. The standard InChI is InChI=1S/C20H31ClN4O3/c1-2-22-20(24-10-6-13-27-15-16-7-5-14-28-16)25-12-11-23-19(26)17-8-3-4-9-18(17)21/h3-4,8-9,16H,2,5-7,10-15H2,1H3,(H,23,26)(H2,22,24,25). The van der Waals surface area contributed by atoms with Gasteiger partial charge in [-0.2, -0.15) is 0 Å². The number of carbonyl (C=O) groups is 1. The van der Waals surface area contributed by atoms with E-state index < -0.39 is 0 Å².